The lowest BCUT2D eigenvalue weighted by molar-refractivity contribution is -0.123. The topological polar surface area (TPSA) is 94.4 Å². The van der Waals surface area contributed by atoms with E-state index in [-0.39, 0.29) is 22.3 Å². The number of rotatable bonds is 4. The minimum Gasteiger partial charge on any atom is -0.322 e. The molecule has 1 saturated heterocycles. The predicted molar refractivity (Wildman–Crippen MR) is 103 cm³/mol. The maximum absolute atomic E-state index is 12.8. The van der Waals surface area contributed by atoms with Crippen LogP contribution in [0.15, 0.2) is 58.9 Å². The molecule has 1 N–H and O–H groups in total. The second-order valence-electron chi connectivity index (χ2n) is 6.18. The van der Waals surface area contributed by atoms with Crippen LogP contribution in [0.25, 0.3) is 0 Å². The molecule has 0 saturated carbocycles. The summed E-state index contributed by atoms with van der Waals surface area (Å²) in [6.07, 6.45) is 0. The molecule has 1 fully saturated rings. The number of nitrogens with zero attached hydrogens (tertiary/aromatic N) is 4. The molecule has 2 atom stereocenters. The number of carbonyl (C=O) groups excluding carboxylic acids is 3. The molecule has 3 amide bonds. The van der Waals surface area contributed by atoms with Crippen molar-refractivity contribution in [3.63, 3.8) is 0 Å². The molecule has 142 valence electrons. The van der Waals surface area contributed by atoms with E-state index in [2.05, 4.69) is 15.7 Å². The monoisotopic (exact) mass is 417 g/mol. The third-order valence-electron chi connectivity index (χ3n) is 4.41. The molecule has 0 spiro atoms. The van der Waals surface area contributed by atoms with Crippen molar-refractivity contribution in [1.29, 1.82) is 0 Å². The van der Waals surface area contributed by atoms with Gasteiger partial charge in [0.15, 0.2) is 12.1 Å². The smallest absolute Gasteiger partial charge is 0.263 e. The SMILES string of the molecule is O=C(CN1N=N[C@H]2C(=O)N(c3ccccc3)C(=O)[C@H]21)Nc1c(Cl)cccc1Cl. The van der Waals surface area contributed by atoms with Gasteiger partial charge in [0.25, 0.3) is 11.8 Å². The standard InChI is InChI=1S/C18H13Cl2N5O3/c19-11-7-4-8-12(20)14(11)21-13(26)9-24-16-15(22-23-24)17(27)25(18(16)28)10-5-2-1-3-6-10/h1-8,15-16H,9H2,(H,21,26)/t15-,16+/m1/s1. The quantitative estimate of drug-likeness (QED) is 0.773. The number of nitrogens with one attached hydrogen (secondary N) is 1. The summed E-state index contributed by atoms with van der Waals surface area (Å²) in [6, 6.07) is 11.5. The summed E-state index contributed by atoms with van der Waals surface area (Å²) in [7, 11) is 0. The molecular weight excluding hydrogens is 405 g/mol. The molecule has 2 aromatic carbocycles. The van der Waals surface area contributed by atoms with E-state index in [1.54, 1.807) is 48.5 Å². The molecule has 0 aliphatic carbocycles. The Kier molecular flexibility index (Phi) is 4.74. The van der Waals surface area contributed by atoms with E-state index in [0.717, 1.165) is 4.90 Å². The Morgan fingerprint density at radius 3 is 2.36 bits per heavy atom. The third kappa shape index (κ3) is 3.10. The molecule has 28 heavy (non-hydrogen) atoms. The zero-order valence-corrected chi connectivity index (χ0v) is 15.8. The fraction of sp³-hybridized carbons (Fsp3) is 0.167. The lowest BCUT2D eigenvalue weighted by atomic mass is 10.1. The Hall–Kier alpha value is -2.97. The fourth-order valence-corrected chi connectivity index (χ4v) is 3.62. The number of carbonyl (C=O) groups is 3. The highest BCUT2D eigenvalue weighted by molar-refractivity contribution is 6.39. The van der Waals surface area contributed by atoms with E-state index in [1.807, 2.05) is 0 Å². The summed E-state index contributed by atoms with van der Waals surface area (Å²) >= 11 is 12.1. The van der Waals surface area contributed by atoms with Gasteiger partial charge in [0.2, 0.25) is 5.91 Å². The van der Waals surface area contributed by atoms with Gasteiger partial charge in [-0.25, -0.2) is 4.90 Å². The summed E-state index contributed by atoms with van der Waals surface area (Å²) < 4.78 is 0. The highest BCUT2D eigenvalue weighted by atomic mass is 35.5. The van der Waals surface area contributed by atoms with Crippen LogP contribution in [0.4, 0.5) is 11.4 Å². The Balaban J connectivity index is 1.50. The molecule has 8 nitrogen and oxygen atoms in total. The zero-order valence-electron chi connectivity index (χ0n) is 14.3. The predicted octanol–water partition coefficient (Wildman–Crippen LogP) is 2.93. The fourth-order valence-electron chi connectivity index (χ4n) is 3.13. The molecule has 2 aliphatic rings. The van der Waals surface area contributed by atoms with Crippen LogP contribution in [0, 0.1) is 0 Å². The van der Waals surface area contributed by atoms with Crippen molar-refractivity contribution in [1.82, 2.24) is 5.01 Å². The highest BCUT2D eigenvalue weighted by Gasteiger charge is 2.55. The minimum atomic E-state index is -0.968. The molecule has 10 heteroatoms. The van der Waals surface area contributed by atoms with Gasteiger partial charge < -0.3 is 5.32 Å². The molecule has 0 radical (unpaired) electrons. The van der Waals surface area contributed by atoms with E-state index < -0.39 is 29.8 Å². The average molecular weight is 418 g/mol. The Bertz CT molecular complexity index is 978. The number of para-hydroxylation sites is 2. The van der Waals surface area contributed by atoms with Gasteiger partial charge >= 0.3 is 0 Å². The van der Waals surface area contributed by atoms with E-state index >= 15 is 0 Å². The van der Waals surface area contributed by atoms with Gasteiger partial charge in [-0.05, 0) is 24.3 Å². The van der Waals surface area contributed by atoms with Crippen LogP contribution < -0.4 is 10.2 Å². The summed E-state index contributed by atoms with van der Waals surface area (Å²) in [5.74, 6) is -1.44. The maximum atomic E-state index is 12.8. The van der Waals surface area contributed by atoms with Crippen LogP contribution in [0.5, 0.6) is 0 Å². The number of benzene rings is 2. The van der Waals surface area contributed by atoms with Gasteiger partial charge in [-0.15, -0.1) is 0 Å². The lowest BCUT2D eigenvalue weighted by Gasteiger charge is -2.20. The van der Waals surface area contributed by atoms with E-state index in [1.165, 1.54) is 5.01 Å². The van der Waals surface area contributed by atoms with Crippen molar-refractivity contribution in [2.45, 2.75) is 12.1 Å². The van der Waals surface area contributed by atoms with Crippen LogP contribution in [0.1, 0.15) is 0 Å². The number of halogens is 2. The number of amides is 3. The van der Waals surface area contributed by atoms with Crippen molar-refractivity contribution in [2.24, 2.45) is 10.3 Å². The summed E-state index contributed by atoms with van der Waals surface area (Å²) in [5.41, 5.74) is 0.720. The summed E-state index contributed by atoms with van der Waals surface area (Å²) in [5, 5.41) is 12.1. The van der Waals surface area contributed by atoms with Crippen LogP contribution in [-0.4, -0.2) is 41.4 Å². The molecule has 2 aromatic rings. The Morgan fingerprint density at radius 1 is 1.00 bits per heavy atom. The molecular formula is C18H13Cl2N5O3. The number of fused-ring (bicyclic) bond motifs is 1. The van der Waals surface area contributed by atoms with Crippen molar-refractivity contribution in [3.8, 4) is 0 Å². The molecule has 0 aromatic heterocycles. The van der Waals surface area contributed by atoms with Gasteiger partial charge in [0.05, 0.1) is 21.4 Å². The second-order valence-corrected chi connectivity index (χ2v) is 7.00. The Morgan fingerprint density at radius 2 is 1.68 bits per heavy atom. The van der Waals surface area contributed by atoms with E-state index in [9.17, 15) is 14.4 Å². The zero-order chi connectivity index (χ0) is 19.8. The average Bonchev–Trinajstić information content (AvgIpc) is 3.19. The molecule has 2 aliphatic heterocycles. The van der Waals surface area contributed by atoms with Crippen molar-refractivity contribution < 1.29 is 14.4 Å². The first-order valence-corrected chi connectivity index (χ1v) is 9.07. The van der Waals surface area contributed by atoms with Crippen molar-refractivity contribution in [2.75, 3.05) is 16.8 Å². The van der Waals surface area contributed by atoms with Crippen molar-refractivity contribution >= 4 is 52.3 Å². The molecule has 2 heterocycles. The van der Waals surface area contributed by atoms with Crippen LogP contribution in [0.2, 0.25) is 10.0 Å². The largest absolute Gasteiger partial charge is 0.322 e. The Labute approximate surface area is 169 Å². The van der Waals surface area contributed by atoms with Gasteiger partial charge in [-0.2, -0.15) is 5.11 Å². The minimum absolute atomic E-state index is 0.267. The van der Waals surface area contributed by atoms with Crippen LogP contribution in [0.3, 0.4) is 0 Å². The van der Waals surface area contributed by atoms with Gasteiger partial charge in [0.1, 0.15) is 6.54 Å². The maximum Gasteiger partial charge on any atom is 0.263 e. The molecule has 4 rings (SSSR count). The first kappa shape index (κ1) is 18.4. The van der Waals surface area contributed by atoms with E-state index in [4.69, 9.17) is 23.2 Å². The van der Waals surface area contributed by atoms with E-state index in [0.29, 0.717) is 5.69 Å². The first-order valence-electron chi connectivity index (χ1n) is 8.31. The second kappa shape index (κ2) is 7.21. The number of hydrogen-bond acceptors (Lipinski definition) is 6. The lowest BCUT2D eigenvalue weighted by Crippen LogP contribution is -2.43. The highest BCUT2D eigenvalue weighted by Crippen LogP contribution is 2.32. The summed E-state index contributed by atoms with van der Waals surface area (Å²) in [6.45, 7) is -0.284. The van der Waals surface area contributed by atoms with Crippen LogP contribution in [-0.2, 0) is 14.4 Å². The first-order chi connectivity index (χ1) is 13.5. The molecule has 0 unspecified atom stereocenters. The van der Waals surface area contributed by atoms with Gasteiger partial charge in [-0.1, -0.05) is 52.7 Å². The number of anilines is 2. The van der Waals surface area contributed by atoms with Gasteiger partial charge in [-0.3, -0.25) is 19.4 Å². The number of imide groups is 1. The third-order valence-corrected chi connectivity index (χ3v) is 5.04. The summed E-state index contributed by atoms with van der Waals surface area (Å²) in [4.78, 5) is 38.9. The van der Waals surface area contributed by atoms with Crippen molar-refractivity contribution in [3.05, 3.63) is 58.6 Å². The van der Waals surface area contributed by atoms with Crippen LogP contribution >= 0.6 is 23.2 Å². The normalized spacial score (nSPS) is 20.6. The molecule has 0 bridgehead atoms. The number of hydrogen-bond donors (Lipinski definition) is 1. The van der Waals surface area contributed by atoms with Gasteiger partial charge in [0, 0.05) is 0 Å².